The first-order chi connectivity index (χ1) is 16.9. The summed E-state index contributed by atoms with van der Waals surface area (Å²) in [6.45, 7) is 1.20. The average molecular weight is 497 g/mol. The fraction of sp³-hybridized carbons (Fsp3) is 0.348. The topological polar surface area (TPSA) is 132 Å². The third-order valence-corrected chi connectivity index (χ3v) is 6.72. The molecule has 1 atom stereocenters. The van der Waals surface area contributed by atoms with Gasteiger partial charge in [-0.3, -0.25) is 4.79 Å². The van der Waals surface area contributed by atoms with Crippen molar-refractivity contribution in [2.75, 3.05) is 30.3 Å². The molecule has 1 aromatic heterocycles. The molecule has 1 saturated heterocycles. The van der Waals surface area contributed by atoms with Gasteiger partial charge in [0.05, 0.1) is 34.4 Å². The van der Waals surface area contributed by atoms with E-state index in [1.54, 1.807) is 29.2 Å². The van der Waals surface area contributed by atoms with Gasteiger partial charge in [-0.05, 0) is 48.2 Å². The van der Waals surface area contributed by atoms with E-state index < -0.39 is 11.5 Å². The molecule has 5 rings (SSSR count). The summed E-state index contributed by atoms with van der Waals surface area (Å²) in [7, 11) is 0. The van der Waals surface area contributed by atoms with Crippen LogP contribution in [0.4, 0.5) is 21.7 Å². The second-order valence-electron chi connectivity index (χ2n) is 8.70. The van der Waals surface area contributed by atoms with Gasteiger partial charge in [-0.15, -0.1) is 5.10 Å². The number of aromatic nitrogens is 4. The molecule has 1 fully saturated rings. The Balaban J connectivity index is 1.23. The van der Waals surface area contributed by atoms with Gasteiger partial charge in [-0.2, -0.15) is 10.5 Å². The lowest BCUT2D eigenvalue weighted by molar-refractivity contribution is -0.140. The molecule has 1 unspecified atom stereocenters. The molecular weight excluding hydrogens is 475 g/mol. The van der Waals surface area contributed by atoms with Crippen molar-refractivity contribution >= 4 is 34.8 Å². The first-order valence-corrected chi connectivity index (χ1v) is 11.5. The predicted octanol–water partition coefficient (Wildman–Crippen LogP) is 3.28. The van der Waals surface area contributed by atoms with E-state index >= 15 is 0 Å². The van der Waals surface area contributed by atoms with Crippen molar-refractivity contribution in [3.05, 3.63) is 52.8 Å². The molecule has 12 heteroatoms. The van der Waals surface area contributed by atoms with Crippen molar-refractivity contribution in [2.45, 2.75) is 25.4 Å². The molecule has 180 valence electrons. The van der Waals surface area contributed by atoms with E-state index in [1.807, 2.05) is 0 Å². The quantitative estimate of drug-likeness (QED) is 0.490. The molecule has 3 aromatic rings. The first-order valence-electron chi connectivity index (χ1n) is 11.1. The van der Waals surface area contributed by atoms with Crippen molar-refractivity contribution < 1.29 is 13.9 Å². The summed E-state index contributed by atoms with van der Waals surface area (Å²) < 4.78 is 19.3. The van der Waals surface area contributed by atoms with E-state index in [4.69, 9.17) is 16.3 Å². The number of aromatic amines is 1. The van der Waals surface area contributed by atoms with Crippen LogP contribution in [0.25, 0.3) is 0 Å². The van der Waals surface area contributed by atoms with Gasteiger partial charge >= 0.3 is 0 Å². The molecule has 1 amide bonds. The van der Waals surface area contributed by atoms with Gasteiger partial charge in [0.25, 0.3) is 11.9 Å². The fourth-order valence-corrected chi connectivity index (χ4v) is 4.65. The molecule has 0 radical (unpaired) electrons. The van der Waals surface area contributed by atoms with Gasteiger partial charge in [0.2, 0.25) is 0 Å². The number of nitrogens with one attached hydrogen (secondary N) is 3. The summed E-state index contributed by atoms with van der Waals surface area (Å²) >= 11 is 6.34. The van der Waals surface area contributed by atoms with Gasteiger partial charge in [0.1, 0.15) is 11.6 Å². The number of H-pyrrole nitrogens is 1. The van der Waals surface area contributed by atoms with E-state index in [0.717, 1.165) is 5.56 Å². The Bertz CT molecular complexity index is 1250. The molecule has 0 saturated carbocycles. The highest BCUT2D eigenvalue weighted by Crippen LogP contribution is 2.39. The van der Waals surface area contributed by atoms with Crippen LogP contribution >= 0.6 is 11.6 Å². The zero-order valence-electron chi connectivity index (χ0n) is 18.6. The predicted molar refractivity (Wildman–Crippen MR) is 126 cm³/mol. The number of nitrogens with zero attached hydrogens (tertiary/aromatic N) is 5. The number of benzene rings is 2. The minimum atomic E-state index is -0.714. The summed E-state index contributed by atoms with van der Waals surface area (Å²) in [5, 5.41) is 30.0. The minimum Gasteiger partial charge on any atom is -0.476 e. The number of amides is 1. The molecule has 3 heterocycles. The molecule has 35 heavy (non-hydrogen) atoms. The maximum Gasteiger partial charge on any atom is 0.267 e. The lowest BCUT2D eigenvalue weighted by Crippen LogP contribution is -2.51. The van der Waals surface area contributed by atoms with Gasteiger partial charge < -0.3 is 20.3 Å². The third-order valence-electron chi connectivity index (χ3n) is 6.41. The van der Waals surface area contributed by atoms with Crippen molar-refractivity contribution in [1.29, 1.82) is 5.26 Å². The Morgan fingerprint density at radius 3 is 2.77 bits per heavy atom. The zero-order chi connectivity index (χ0) is 24.4. The summed E-state index contributed by atoms with van der Waals surface area (Å²) in [6.07, 6.45) is 0.890. The molecule has 0 bridgehead atoms. The lowest BCUT2D eigenvalue weighted by atomic mass is 9.75. The SMILES string of the molecule is N#CC1(Cc2ccc(F)cc2)CCN(C(=O)C2CNc3cc(Cl)c(Nc4nn[nH]n4)cc3O2)CC1. The summed E-state index contributed by atoms with van der Waals surface area (Å²) in [5.41, 5.74) is 1.52. The summed E-state index contributed by atoms with van der Waals surface area (Å²) in [6, 6.07) is 12.1. The van der Waals surface area contributed by atoms with Crippen LogP contribution in [-0.2, 0) is 11.2 Å². The second-order valence-corrected chi connectivity index (χ2v) is 9.10. The Hall–Kier alpha value is -3.91. The highest BCUT2D eigenvalue weighted by molar-refractivity contribution is 6.33. The Labute approximate surface area is 205 Å². The monoisotopic (exact) mass is 496 g/mol. The number of rotatable bonds is 5. The molecule has 2 aliphatic rings. The molecule has 10 nitrogen and oxygen atoms in total. The minimum absolute atomic E-state index is 0.140. The highest BCUT2D eigenvalue weighted by atomic mass is 35.5. The van der Waals surface area contributed by atoms with E-state index in [9.17, 15) is 14.4 Å². The molecule has 0 spiro atoms. The van der Waals surface area contributed by atoms with E-state index in [2.05, 4.69) is 37.3 Å². The maximum atomic E-state index is 13.2. The number of hydrogen-bond acceptors (Lipinski definition) is 8. The smallest absolute Gasteiger partial charge is 0.267 e. The lowest BCUT2D eigenvalue weighted by Gasteiger charge is -2.39. The molecule has 2 aromatic carbocycles. The molecule has 0 aliphatic carbocycles. The number of anilines is 3. The van der Waals surface area contributed by atoms with Gasteiger partial charge in [-0.25, -0.2) is 4.39 Å². The average Bonchev–Trinajstić information content (AvgIpc) is 3.39. The molecular formula is C23H22ClFN8O2. The third kappa shape index (κ3) is 4.83. The number of hydrogen-bond donors (Lipinski definition) is 3. The van der Waals surface area contributed by atoms with Crippen LogP contribution in [0, 0.1) is 22.6 Å². The normalized spacial score (nSPS) is 18.5. The van der Waals surface area contributed by atoms with Crippen molar-refractivity contribution in [3.8, 4) is 11.8 Å². The van der Waals surface area contributed by atoms with E-state index in [0.29, 0.717) is 61.0 Å². The van der Waals surface area contributed by atoms with E-state index in [-0.39, 0.29) is 17.7 Å². The van der Waals surface area contributed by atoms with Gasteiger partial charge in [0.15, 0.2) is 6.10 Å². The number of nitriles is 1. The number of carbonyl (C=O) groups excluding carboxylic acids is 1. The largest absolute Gasteiger partial charge is 0.476 e. The molecule has 2 aliphatic heterocycles. The van der Waals surface area contributed by atoms with Gasteiger partial charge in [0, 0.05) is 19.2 Å². The zero-order valence-corrected chi connectivity index (χ0v) is 19.3. The summed E-state index contributed by atoms with van der Waals surface area (Å²) in [4.78, 5) is 15.0. The van der Waals surface area contributed by atoms with Gasteiger partial charge in [-0.1, -0.05) is 28.8 Å². The number of ether oxygens (including phenoxy) is 1. The van der Waals surface area contributed by atoms with Crippen LogP contribution in [0.1, 0.15) is 18.4 Å². The Kier molecular flexibility index (Phi) is 6.13. The van der Waals surface area contributed by atoms with Crippen LogP contribution in [0.2, 0.25) is 5.02 Å². The molecule has 3 N–H and O–H groups in total. The van der Waals surface area contributed by atoms with Crippen LogP contribution in [-0.4, -0.2) is 57.2 Å². The Morgan fingerprint density at radius 1 is 1.31 bits per heavy atom. The van der Waals surface area contributed by atoms with E-state index in [1.165, 1.54) is 12.1 Å². The number of halogens is 2. The van der Waals surface area contributed by atoms with Crippen LogP contribution in [0.15, 0.2) is 36.4 Å². The fourth-order valence-electron chi connectivity index (χ4n) is 4.44. The standard InChI is InChI=1S/C23H22ClFN8O2/c24-16-9-18-19(10-17(16)28-22-29-31-32-30-22)35-20(12-27-18)21(34)33-7-5-23(13-26,6-8-33)11-14-1-3-15(25)4-2-14/h1-4,9-10,20,27H,5-8,11-12H2,(H2,28,29,30,31,32). The maximum absolute atomic E-state index is 13.2. The summed E-state index contributed by atoms with van der Waals surface area (Å²) in [5.74, 6) is 0.282. The van der Waals surface area contributed by atoms with Crippen LogP contribution in [0.3, 0.4) is 0 Å². The number of piperidine rings is 1. The second kappa shape index (κ2) is 9.38. The first kappa shape index (κ1) is 22.9. The van der Waals surface area contributed by atoms with Crippen LogP contribution < -0.4 is 15.4 Å². The number of fused-ring (bicyclic) bond motifs is 1. The highest BCUT2D eigenvalue weighted by Gasteiger charge is 2.39. The number of carbonyl (C=O) groups is 1. The number of tetrazole rings is 1. The van der Waals surface area contributed by atoms with Crippen molar-refractivity contribution in [1.82, 2.24) is 25.5 Å². The van der Waals surface area contributed by atoms with Crippen molar-refractivity contribution in [2.24, 2.45) is 5.41 Å². The van der Waals surface area contributed by atoms with Crippen molar-refractivity contribution in [3.63, 3.8) is 0 Å². The Morgan fingerprint density at radius 2 is 2.09 bits per heavy atom. The van der Waals surface area contributed by atoms with Crippen LogP contribution in [0.5, 0.6) is 5.75 Å². The number of likely N-dealkylation sites (tertiary alicyclic amines) is 1.